The molecule has 0 aliphatic heterocycles. The molecule has 0 aliphatic rings. The SMILES string of the molecule is CC(Br)Sc1cc(Br)c(Sc2c(Br)cc(SC(C)Br)cc2Br)c(Br)c1. The van der Waals surface area contributed by atoms with Crippen LogP contribution in [0.25, 0.3) is 0 Å². The number of rotatable bonds is 6. The summed E-state index contributed by atoms with van der Waals surface area (Å²) in [7, 11) is 0. The molecular formula is C16H12Br6S3. The fraction of sp³-hybridized carbons (Fsp3) is 0.250. The van der Waals surface area contributed by atoms with Crippen molar-refractivity contribution in [2.45, 2.75) is 41.7 Å². The lowest BCUT2D eigenvalue weighted by Crippen LogP contribution is -1.88. The Balaban J connectivity index is 2.33. The molecule has 2 unspecified atom stereocenters. The summed E-state index contributed by atoms with van der Waals surface area (Å²) in [5, 5.41) is 0. The maximum Gasteiger partial charge on any atom is 0.0619 e. The van der Waals surface area contributed by atoms with Gasteiger partial charge in [0.05, 0.1) is 8.32 Å². The first-order valence-electron chi connectivity index (χ1n) is 6.94. The van der Waals surface area contributed by atoms with Gasteiger partial charge in [-0.25, -0.2) is 0 Å². The molecule has 0 fully saturated rings. The molecule has 25 heavy (non-hydrogen) atoms. The number of hydrogen-bond acceptors (Lipinski definition) is 3. The number of hydrogen-bond donors (Lipinski definition) is 0. The van der Waals surface area contributed by atoms with Crippen LogP contribution >= 0.6 is 131 Å². The molecule has 9 heteroatoms. The molecule has 0 spiro atoms. The highest BCUT2D eigenvalue weighted by molar-refractivity contribution is 9.12. The van der Waals surface area contributed by atoms with Gasteiger partial charge in [-0.2, -0.15) is 0 Å². The predicted octanol–water partition coefficient (Wildman–Crippen LogP) is 10.6. The number of benzene rings is 2. The molecule has 2 atom stereocenters. The third-order valence-electron chi connectivity index (χ3n) is 2.74. The Kier molecular flexibility index (Phi) is 10.4. The lowest BCUT2D eigenvalue weighted by Gasteiger charge is -2.14. The van der Waals surface area contributed by atoms with E-state index < -0.39 is 0 Å². The van der Waals surface area contributed by atoms with Gasteiger partial charge in [0.15, 0.2) is 0 Å². The van der Waals surface area contributed by atoms with Gasteiger partial charge in [-0.3, -0.25) is 0 Å². The minimum atomic E-state index is 0.370. The van der Waals surface area contributed by atoms with E-state index in [2.05, 4.69) is 134 Å². The Morgan fingerprint density at radius 3 is 1.16 bits per heavy atom. The van der Waals surface area contributed by atoms with Crippen LogP contribution in [0, 0.1) is 0 Å². The molecule has 0 aliphatic carbocycles. The van der Waals surface area contributed by atoms with Crippen LogP contribution in [0.15, 0.2) is 61.7 Å². The van der Waals surface area contributed by atoms with Crippen LogP contribution in [0.2, 0.25) is 0 Å². The van der Waals surface area contributed by atoms with Gasteiger partial charge in [0.2, 0.25) is 0 Å². The van der Waals surface area contributed by atoms with Crippen molar-refractivity contribution in [1.82, 2.24) is 0 Å². The van der Waals surface area contributed by atoms with Crippen molar-refractivity contribution in [3.05, 3.63) is 42.2 Å². The number of alkyl halides is 2. The van der Waals surface area contributed by atoms with Crippen LogP contribution < -0.4 is 0 Å². The lowest BCUT2D eigenvalue weighted by atomic mass is 10.4. The van der Waals surface area contributed by atoms with E-state index in [1.165, 1.54) is 9.79 Å². The Labute approximate surface area is 212 Å². The summed E-state index contributed by atoms with van der Waals surface area (Å²) in [6.07, 6.45) is 0. The minimum Gasteiger partial charge on any atom is -0.111 e. The molecule has 0 bridgehead atoms. The fourth-order valence-electron chi connectivity index (χ4n) is 1.88. The molecule has 0 saturated carbocycles. The smallest absolute Gasteiger partial charge is 0.0619 e. The molecule has 0 N–H and O–H groups in total. The van der Waals surface area contributed by atoms with Crippen LogP contribution in [-0.2, 0) is 0 Å². The van der Waals surface area contributed by atoms with E-state index in [0.717, 1.165) is 27.7 Å². The Hall–Kier alpha value is 2.37. The average Bonchev–Trinajstić information content (AvgIpc) is 2.43. The molecule has 2 rings (SSSR count). The van der Waals surface area contributed by atoms with Crippen molar-refractivity contribution < 1.29 is 0 Å². The number of thioether (sulfide) groups is 2. The highest BCUT2D eigenvalue weighted by Crippen LogP contribution is 2.47. The first kappa shape index (κ1) is 23.6. The topological polar surface area (TPSA) is 0 Å². The van der Waals surface area contributed by atoms with Gasteiger partial charge in [-0.05, 0) is 102 Å². The molecular weight excluding hydrogens is 768 g/mol. The minimum absolute atomic E-state index is 0.370. The fourth-order valence-corrected chi connectivity index (χ4v) is 9.45. The summed E-state index contributed by atoms with van der Waals surface area (Å²) in [5.74, 6) is 0. The average molecular weight is 780 g/mol. The molecule has 0 heterocycles. The van der Waals surface area contributed by atoms with Gasteiger partial charge in [0.1, 0.15) is 0 Å². The van der Waals surface area contributed by atoms with Crippen molar-refractivity contribution >= 4 is 131 Å². The van der Waals surface area contributed by atoms with Crippen LogP contribution in [0.4, 0.5) is 0 Å². The molecule has 0 nitrogen and oxygen atoms in total. The van der Waals surface area contributed by atoms with Gasteiger partial charge in [0, 0.05) is 37.5 Å². The van der Waals surface area contributed by atoms with Gasteiger partial charge >= 0.3 is 0 Å². The van der Waals surface area contributed by atoms with Gasteiger partial charge in [-0.15, -0.1) is 23.5 Å². The van der Waals surface area contributed by atoms with E-state index in [9.17, 15) is 0 Å². The Morgan fingerprint density at radius 2 is 0.920 bits per heavy atom. The summed E-state index contributed by atoms with van der Waals surface area (Å²) < 4.78 is 5.05. The number of halogens is 6. The first-order valence-corrected chi connectivity index (χ1v) is 14.5. The van der Waals surface area contributed by atoms with Crippen molar-refractivity contribution in [3.8, 4) is 0 Å². The van der Waals surface area contributed by atoms with Gasteiger partial charge in [-0.1, -0.05) is 43.6 Å². The zero-order valence-corrected chi connectivity index (χ0v) is 24.9. The molecule has 0 radical (unpaired) electrons. The highest BCUT2D eigenvalue weighted by atomic mass is 79.9. The van der Waals surface area contributed by atoms with E-state index >= 15 is 0 Å². The van der Waals surface area contributed by atoms with Gasteiger partial charge in [0.25, 0.3) is 0 Å². The zero-order chi connectivity index (χ0) is 18.7. The van der Waals surface area contributed by atoms with E-state index in [-0.39, 0.29) is 0 Å². The van der Waals surface area contributed by atoms with Crippen LogP contribution in [0.5, 0.6) is 0 Å². The quantitative estimate of drug-likeness (QED) is 0.212. The maximum atomic E-state index is 3.72. The van der Waals surface area contributed by atoms with Crippen molar-refractivity contribution in [2.75, 3.05) is 0 Å². The third kappa shape index (κ3) is 7.28. The summed E-state index contributed by atoms with van der Waals surface area (Å²) in [6.45, 7) is 4.24. The maximum absolute atomic E-state index is 3.72. The summed E-state index contributed by atoms with van der Waals surface area (Å²) in [4.78, 5) is 4.73. The van der Waals surface area contributed by atoms with Crippen LogP contribution in [0.1, 0.15) is 13.8 Å². The monoisotopic (exact) mass is 774 g/mol. The normalized spacial score (nSPS) is 13.8. The van der Waals surface area contributed by atoms with E-state index in [4.69, 9.17) is 0 Å². The lowest BCUT2D eigenvalue weighted by molar-refractivity contribution is 1.23. The standard InChI is InChI=1S/C16H12Br6S3/c1-7(17)23-9-3-11(19)15(12(20)4-9)25-16-13(21)5-10(6-14(16)22)24-8(2)18/h3-8H,1-2H3. The molecule has 0 amide bonds. The third-order valence-corrected chi connectivity index (χ3v) is 10.4. The van der Waals surface area contributed by atoms with Crippen LogP contribution in [0.3, 0.4) is 0 Å². The first-order chi connectivity index (χ1) is 11.7. The van der Waals surface area contributed by atoms with Crippen LogP contribution in [-0.4, -0.2) is 8.32 Å². The van der Waals surface area contributed by atoms with E-state index in [1.54, 1.807) is 35.3 Å². The zero-order valence-electron chi connectivity index (χ0n) is 13.0. The molecule has 136 valence electrons. The second-order valence-corrected chi connectivity index (χ2v) is 16.1. The largest absolute Gasteiger partial charge is 0.111 e. The van der Waals surface area contributed by atoms with Gasteiger partial charge < -0.3 is 0 Å². The van der Waals surface area contributed by atoms with Crippen molar-refractivity contribution in [3.63, 3.8) is 0 Å². The van der Waals surface area contributed by atoms with E-state index in [0.29, 0.717) is 8.32 Å². The summed E-state index contributed by atoms with van der Waals surface area (Å²) >= 11 is 27.3. The van der Waals surface area contributed by atoms with E-state index in [1.807, 2.05) is 0 Å². The molecule has 2 aromatic rings. The van der Waals surface area contributed by atoms with Crippen molar-refractivity contribution in [1.29, 1.82) is 0 Å². The molecule has 0 saturated heterocycles. The second kappa shape index (κ2) is 11.0. The predicted molar refractivity (Wildman–Crippen MR) is 136 cm³/mol. The Bertz CT molecular complexity index is 654. The summed E-state index contributed by atoms with van der Waals surface area (Å²) in [6, 6.07) is 8.64. The summed E-state index contributed by atoms with van der Waals surface area (Å²) in [5.41, 5.74) is 0. The second-order valence-electron chi connectivity index (χ2n) is 4.86. The Morgan fingerprint density at radius 1 is 0.640 bits per heavy atom. The van der Waals surface area contributed by atoms with Crippen molar-refractivity contribution in [2.24, 2.45) is 0 Å². The highest BCUT2D eigenvalue weighted by Gasteiger charge is 2.16. The molecule has 2 aromatic carbocycles. The molecule has 0 aromatic heterocycles.